The molecule has 0 bridgehead atoms. The molecule has 0 saturated heterocycles. The molecule has 1 heterocycles. The fraction of sp³-hybridized carbons (Fsp3) is 0.200. The van der Waals surface area contributed by atoms with E-state index in [2.05, 4.69) is 27.8 Å². The van der Waals surface area contributed by atoms with Gasteiger partial charge in [0.05, 0.1) is 10.1 Å². The van der Waals surface area contributed by atoms with Crippen molar-refractivity contribution >= 4 is 38.4 Å². The summed E-state index contributed by atoms with van der Waals surface area (Å²) in [6.45, 7) is 4.10. The Balaban J connectivity index is 2.94. The Bertz CT molecular complexity index is 473. The molecule has 0 aliphatic carbocycles. The van der Waals surface area contributed by atoms with Crippen molar-refractivity contribution in [2.75, 3.05) is 0 Å². The number of halogens is 2. The minimum atomic E-state index is 0.807. The second-order valence-electron chi connectivity index (χ2n) is 3.16. The van der Waals surface area contributed by atoms with Crippen molar-refractivity contribution in [2.45, 2.75) is 13.8 Å². The Morgan fingerprint density at radius 1 is 1.23 bits per heavy atom. The average molecular weight is 259 g/mol. The number of aromatic amines is 1. The first-order valence-electron chi connectivity index (χ1n) is 4.04. The molecule has 2 rings (SSSR count). The number of rotatable bonds is 0. The van der Waals surface area contributed by atoms with Gasteiger partial charge in [0, 0.05) is 10.4 Å². The van der Waals surface area contributed by atoms with Gasteiger partial charge in [-0.3, -0.25) is 0 Å². The van der Waals surface area contributed by atoms with Gasteiger partial charge in [-0.15, -0.1) is 0 Å². The maximum atomic E-state index is 6.01. The van der Waals surface area contributed by atoms with E-state index in [1.165, 1.54) is 10.9 Å². The number of hydrogen-bond acceptors (Lipinski definition) is 0. The van der Waals surface area contributed by atoms with Crippen LogP contribution in [0.5, 0.6) is 0 Å². The third-order valence-electron chi connectivity index (χ3n) is 2.37. The van der Waals surface area contributed by atoms with Gasteiger partial charge in [0.2, 0.25) is 0 Å². The molecule has 0 aliphatic heterocycles. The minimum Gasteiger partial charge on any atom is -0.349 e. The summed E-state index contributed by atoms with van der Waals surface area (Å²) in [6.07, 6.45) is 0. The maximum absolute atomic E-state index is 6.01. The van der Waals surface area contributed by atoms with Gasteiger partial charge in [0.1, 0.15) is 0 Å². The molecule has 0 saturated carbocycles. The first-order chi connectivity index (χ1) is 6.11. The van der Waals surface area contributed by atoms with Crippen LogP contribution in [-0.4, -0.2) is 4.98 Å². The zero-order chi connectivity index (χ0) is 9.59. The highest BCUT2D eigenvalue weighted by Crippen LogP contribution is 2.30. The van der Waals surface area contributed by atoms with E-state index < -0.39 is 0 Å². The molecule has 0 atom stereocenters. The lowest BCUT2D eigenvalue weighted by Crippen LogP contribution is -1.77. The van der Waals surface area contributed by atoms with Gasteiger partial charge in [-0.1, -0.05) is 17.7 Å². The van der Waals surface area contributed by atoms with Gasteiger partial charge in [-0.2, -0.15) is 0 Å². The highest BCUT2D eigenvalue weighted by Gasteiger charge is 2.08. The fourth-order valence-corrected chi connectivity index (χ4v) is 2.05. The SMILES string of the molecule is Cc1c(Br)[nH]c2c(C)c(Cl)ccc12. The van der Waals surface area contributed by atoms with Crippen LogP contribution in [0.25, 0.3) is 10.9 Å². The molecule has 1 N–H and O–H groups in total. The number of aromatic nitrogens is 1. The molecule has 0 unspecified atom stereocenters. The molecule has 1 nitrogen and oxygen atoms in total. The molecule has 0 amide bonds. The van der Waals surface area contributed by atoms with Crippen LogP contribution >= 0.6 is 27.5 Å². The van der Waals surface area contributed by atoms with Crippen molar-refractivity contribution in [3.05, 3.63) is 32.9 Å². The normalized spacial score (nSPS) is 11.1. The van der Waals surface area contributed by atoms with Crippen LogP contribution in [-0.2, 0) is 0 Å². The van der Waals surface area contributed by atoms with Gasteiger partial charge < -0.3 is 4.98 Å². The number of aryl methyl sites for hydroxylation is 2. The van der Waals surface area contributed by atoms with Crippen LogP contribution in [0.3, 0.4) is 0 Å². The molecule has 0 radical (unpaired) electrons. The first-order valence-corrected chi connectivity index (χ1v) is 5.21. The molecule has 3 heteroatoms. The van der Waals surface area contributed by atoms with E-state index in [1.54, 1.807) is 0 Å². The van der Waals surface area contributed by atoms with Crippen LogP contribution in [0.15, 0.2) is 16.7 Å². The van der Waals surface area contributed by atoms with E-state index in [4.69, 9.17) is 11.6 Å². The van der Waals surface area contributed by atoms with Crippen molar-refractivity contribution < 1.29 is 0 Å². The van der Waals surface area contributed by atoms with E-state index in [0.29, 0.717) is 0 Å². The van der Waals surface area contributed by atoms with Crippen LogP contribution in [0, 0.1) is 13.8 Å². The highest BCUT2D eigenvalue weighted by atomic mass is 79.9. The second-order valence-corrected chi connectivity index (χ2v) is 4.36. The Morgan fingerprint density at radius 3 is 2.62 bits per heavy atom. The zero-order valence-corrected chi connectivity index (χ0v) is 9.75. The maximum Gasteiger partial charge on any atom is 0.0860 e. The predicted molar refractivity (Wildman–Crippen MR) is 60.5 cm³/mol. The van der Waals surface area contributed by atoms with E-state index in [0.717, 1.165) is 20.7 Å². The third kappa shape index (κ3) is 1.29. The number of H-pyrrole nitrogens is 1. The monoisotopic (exact) mass is 257 g/mol. The molecule has 13 heavy (non-hydrogen) atoms. The van der Waals surface area contributed by atoms with Crippen LogP contribution in [0.1, 0.15) is 11.1 Å². The zero-order valence-electron chi connectivity index (χ0n) is 7.41. The lowest BCUT2D eigenvalue weighted by Gasteiger charge is -1.98. The molecule has 68 valence electrons. The summed E-state index contributed by atoms with van der Waals surface area (Å²) in [6, 6.07) is 3.98. The topological polar surface area (TPSA) is 15.8 Å². The summed E-state index contributed by atoms with van der Waals surface area (Å²) in [5.74, 6) is 0. The van der Waals surface area contributed by atoms with Crippen molar-refractivity contribution in [3.8, 4) is 0 Å². The van der Waals surface area contributed by atoms with Gasteiger partial charge >= 0.3 is 0 Å². The van der Waals surface area contributed by atoms with Crippen molar-refractivity contribution in [2.24, 2.45) is 0 Å². The minimum absolute atomic E-state index is 0.807. The number of benzene rings is 1. The van der Waals surface area contributed by atoms with E-state index in [-0.39, 0.29) is 0 Å². The second kappa shape index (κ2) is 3.03. The standard InChI is InChI=1S/C10H9BrClN/c1-5-7-3-4-8(12)6(2)9(7)13-10(5)11/h3-4,13H,1-2H3. The van der Waals surface area contributed by atoms with Gasteiger partial charge in [-0.05, 0) is 47.0 Å². The summed E-state index contributed by atoms with van der Waals surface area (Å²) in [4.78, 5) is 3.27. The molecule has 2 aromatic rings. The molecule has 1 aromatic heterocycles. The molecule has 1 aromatic carbocycles. The van der Waals surface area contributed by atoms with E-state index in [1.807, 2.05) is 19.1 Å². The Hall–Kier alpha value is -0.470. The Labute approximate surface area is 90.2 Å². The summed E-state index contributed by atoms with van der Waals surface area (Å²) in [7, 11) is 0. The fourth-order valence-electron chi connectivity index (χ4n) is 1.48. The summed E-state index contributed by atoms with van der Waals surface area (Å²) in [5, 5.41) is 2.04. The smallest absolute Gasteiger partial charge is 0.0860 e. The lowest BCUT2D eigenvalue weighted by atomic mass is 10.1. The third-order valence-corrected chi connectivity index (χ3v) is 3.57. The quantitative estimate of drug-likeness (QED) is 0.729. The average Bonchev–Trinajstić information content (AvgIpc) is 2.38. The highest BCUT2D eigenvalue weighted by molar-refractivity contribution is 9.10. The molecule has 0 aliphatic rings. The van der Waals surface area contributed by atoms with Crippen molar-refractivity contribution in [1.29, 1.82) is 0 Å². The van der Waals surface area contributed by atoms with E-state index in [9.17, 15) is 0 Å². The van der Waals surface area contributed by atoms with E-state index >= 15 is 0 Å². The Kier molecular flexibility index (Phi) is 2.12. The summed E-state index contributed by atoms with van der Waals surface area (Å²) >= 11 is 9.48. The molecule has 0 fully saturated rings. The summed E-state index contributed by atoms with van der Waals surface area (Å²) in [5.41, 5.74) is 3.46. The van der Waals surface area contributed by atoms with Gasteiger partial charge in [0.25, 0.3) is 0 Å². The molecular formula is C10H9BrClN. The number of nitrogens with one attached hydrogen (secondary N) is 1. The number of hydrogen-bond donors (Lipinski definition) is 1. The predicted octanol–water partition coefficient (Wildman–Crippen LogP) is 4.20. The lowest BCUT2D eigenvalue weighted by molar-refractivity contribution is 1.34. The first kappa shape index (κ1) is 9.10. The number of fused-ring (bicyclic) bond motifs is 1. The van der Waals surface area contributed by atoms with Crippen molar-refractivity contribution in [1.82, 2.24) is 4.98 Å². The van der Waals surface area contributed by atoms with Crippen LogP contribution in [0.4, 0.5) is 0 Å². The molecular weight excluding hydrogens is 249 g/mol. The Morgan fingerprint density at radius 2 is 1.92 bits per heavy atom. The van der Waals surface area contributed by atoms with Crippen LogP contribution in [0.2, 0.25) is 5.02 Å². The van der Waals surface area contributed by atoms with Gasteiger partial charge in [-0.25, -0.2) is 0 Å². The molecule has 0 spiro atoms. The largest absolute Gasteiger partial charge is 0.349 e. The summed E-state index contributed by atoms with van der Waals surface area (Å²) < 4.78 is 1.04. The van der Waals surface area contributed by atoms with Gasteiger partial charge in [0.15, 0.2) is 0 Å². The van der Waals surface area contributed by atoms with Crippen molar-refractivity contribution in [3.63, 3.8) is 0 Å². The van der Waals surface area contributed by atoms with Crippen LogP contribution < -0.4 is 0 Å².